The summed E-state index contributed by atoms with van der Waals surface area (Å²) in [5.41, 5.74) is 5.31. The van der Waals surface area contributed by atoms with Gasteiger partial charge < -0.3 is 14.9 Å². The maximum absolute atomic E-state index is 10.2. The van der Waals surface area contributed by atoms with Crippen molar-refractivity contribution < 1.29 is 14.9 Å². The lowest BCUT2D eigenvalue weighted by molar-refractivity contribution is -0.0368. The predicted octanol–water partition coefficient (Wildman–Crippen LogP) is 4.94. The Labute approximate surface area is 175 Å². The molecule has 4 aromatic rings. The Balaban J connectivity index is 0.000000158. The third-order valence-corrected chi connectivity index (χ3v) is 5.73. The van der Waals surface area contributed by atoms with Crippen LogP contribution in [0.2, 0.25) is 0 Å². The van der Waals surface area contributed by atoms with E-state index in [4.69, 9.17) is 4.74 Å². The Bertz CT molecular complexity index is 1200. The molecule has 0 aliphatic carbocycles. The van der Waals surface area contributed by atoms with E-state index in [-0.39, 0.29) is 6.23 Å². The molecular weight excluding hydrogens is 380 g/mol. The highest BCUT2D eigenvalue weighted by molar-refractivity contribution is 5.89. The minimum absolute atomic E-state index is 0.0112. The average Bonchev–Trinajstić information content (AvgIpc) is 3.29. The summed E-state index contributed by atoms with van der Waals surface area (Å²) in [7, 11) is 0. The number of phenols is 2. The first-order chi connectivity index (χ1) is 14.4. The SMILES string of the molecule is Cc1ccc2c(c(C)nn2C2CCCCO2)c1O.Cc1ccc2n[nH]c(C)c2c1O. The number of hydrogen-bond donors (Lipinski definition) is 3. The maximum atomic E-state index is 10.2. The molecule has 2 aromatic carbocycles. The molecule has 0 radical (unpaired) electrons. The zero-order valence-electron chi connectivity index (χ0n) is 17.9. The molecule has 0 saturated carbocycles. The van der Waals surface area contributed by atoms with E-state index in [1.807, 2.05) is 56.6 Å². The van der Waals surface area contributed by atoms with Crippen LogP contribution >= 0.6 is 0 Å². The van der Waals surface area contributed by atoms with Crippen molar-refractivity contribution in [3.8, 4) is 11.5 Å². The zero-order valence-corrected chi connectivity index (χ0v) is 17.9. The largest absolute Gasteiger partial charge is 0.507 e. The van der Waals surface area contributed by atoms with Crippen molar-refractivity contribution >= 4 is 21.8 Å². The fourth-order valence-electron chi connectivity index (χ4n) is 3.98. The van der Waals surface area contributed by atoms with Gasteiger partial charge in [-0.3, -0.25) is 5.10 Å². The van der Waals surface area contributed by atoms with Crippen molar-refractivity contribution in [1.29, 1.82) is 0 Å². The van der Waals surface area contributed by atoms with Gasteiger partial charge in [-0.2, -0.15) is 10.2 Å². The van der Waals surface area contributed by atoms with Gasteiger partial charge in [0.05, 0.1) is 27.5 Å². The summed E-state index contributed by atoms with van der Waals surface area (Å²) in [6, 6.07) is 7.70. The zero-order chi connectivity index (χ0) is 21.4. The molecule has 158 valence electrons. The second-order valence-corrected chi connectivity index (χ2v) is 7.95. The fourth-order valence-corrected chi connectivity index (χ4v) is 3.98. The second-order valence-electron chi connectivity index (χ2n) is 7.95. The number of aromatic amines is 1. The van der Waals surface area contributed by atoms with Gasteiger partial charge in [-0.05, 0) is 70.2 Å². The molecule has 3 heterocycles. The normalized spacial score (nSPS) is 16.6. The molecule has 7 nitrogen and oxygen atoms in total. The molecule has 5 rings (SSSR count). The number of aromatic hydroxyl groups is 2. The number of nitrogens with zero attached hydrogens (tertiary/aromatic N) is 3. The minimum atomic E-state index is 0.0112. The number of H-pyrrole nitrogens is 1. The van der Waals surface area contributed by atoms with Gasteiger partial charge in [-0.15, -0.1) is 0 Å². The van der Waals surface area contributed by atoms with Gasteiger partial charge in [0.2, 0.25) is 0 Å². The summed E-state index contributed by atoms with van der Waals surface area (Å²) in [4.78, 5) is 0. The molecule has 1 fully saturated rings. The number of rotatable bonds is 1. The van der Waals surface area contributed by atoms with Gasteiger partial charge in [0, 0.05) is 12.3 Å². The van der Waals surface area contributed by atoms with Crippen LogP contribution in [-0.4, -0.2) is 36.8 Å². The van der Waals surface area contributed by atoms with Crippen molar-refractivity contribution in [3.63, 3.8) is 0 Å². The Morgan fingerprint density at radius 1 is 0.967 bits per heavy atom. The molecule has 1 saturated heterocycles. The Morgan fingerprint density at radius 2 is 1.67 bits per heavy atom. The van der Waals surface area contributed by atoms with Crippen molar-refractivity contribution in [2.24, 2.45) is 0 Å². The predicted molar refractivity (Wildman–Crippen MR) is 117 cm³/mol. The first-order valence-electron chi connectivity index (χ1n) is 10.3. The molecule has 3 N–H and O–H groups in total. The van der Waals surface area contributed by atoms with E-state index in [1.54, 1.807) is 0 Å². The van der Waals surface area contributed by atoms with E-state index in [0.717, 1.165) is 63.8 Å². The van der Waals surface area contributed by atoms with Crippen LogP contribution in [0.25, 0.3) is 21.8 Å². The third kappa shape index (κ3) is 3.50. The minimum Gasteiger partial charge on any atom is -0.507 e. The number of nitrogens with one attached hydrogen (secondary N) is 1. The third-order valence-electron chi connectivity index (χ3n) is 5.73. The Hall–Kier alpha value is -3.06. The number of phenolic OH excluding ortho intramolecular Hbond substituents is 2. The number of aryl methyl sites for hydroxylation is 4. The molecule has 0 spiro atoms. The second kappa shape index (κ2) is 7.99. The van der Waals surface area contributed by atoms with Crippen LogP contribution in [0.3, 0.4) is 0 Å². The highest BCUT2D eigenvalue weighted by atomic mass is 16.5. The van der Waals surface area contributed by atoms with E-state index < -0.39 is 0 Å². The van der Waals surface area contributed by atoms with Gasteiger partial charge in [-0.1, -0.05) is 12.1 Å². The number of ether oxygens (including phenoxy) is 1. The molecule has 0 amide bonds. The van der Waals surface area contributed by atoms with E-state index in [2.05, 4.69) is 15.3 Å². The van der Waals surface area contributed by atoms with Crippen LogP contribution < -0.4 is 0 Å². The molecule has 1 aliphatic rings. The van der Waals surface area contributed by atoms with Crippen LogP contribution in [0.4, 0.5) is 0 Å². The van der Waals surface area contributed by atoms with Crippen LogP contribution in [0, 0.1) is 27.7 Å². The lowest BCUT2D eigenvalue weighted by atomic mass is 10.1. The highest BCUT2D eigenvalue weighted by Gasteiger charge is 2.21. The van der Waals surface area contributed by atoms with Crippen LogP contribution in [0.1, 0.15) is 48.0 Å². The molecule has 7 heteroatoms. The summed E-state index contributed by atoms with van der Waals surface area (Å²) in [6.45, 7) is 8.40. The molecule has 30 heavy (non-hydrogen) atoms. The van der Waals surface area contributed by atoms with E-state index >= 15 is 0 Å². The molecule has 0 bridgehead atoms. The van der Waals surface area contributed by atoms with Crippen molar-refractivity contribution in [2.75, 3.05) is 6.61 Å². The van der Waals surface area contributed by atoms with Gasteiger partial charge in [0.1, 0.15) is 11.5 Å². The Morgan fingerprint density at radius 3 is 2.37 bits per heavy atom. The quantitative estimate of drug-likeness (QED) is 0.414. The summed E-state index contributed by atoms with van der Waals surface area (Å²) in [5.74, 6) is 0.672. The van der Waals surface area contributed by atoms with Crippen molar-refractivity contribution in [1.82, 2.24) is 20.0 Å². The van der Waals surface area contributed by atoms with Crippen LogP contribution in [0.15, 0.2) is 24.3 Å². The summed E-state index contributed by atoms with van der Waals surface area (Å²) in [5, 5.41) is 32.9. The van der Waals surface area contributed by atoms with E-state index in [1.165, 1.54) is 6.42 Å². The number of fused-ring (bicyclic) bond motifs is 2. The van der Waals surface area contributed by atoms with Crippen molar-refractivity contribution in [3.05, 3.63) is 46.8 Å². The molecule has 1 unspecified atom stereocenters. The van der Waals surface area contributed by atoms with E-state index in [9.17, 15) is 10.2 Å². The lowest BCUT2D eigenvalue weighted by Crippen LogP contribution is -2.19. The maximum Gasteiger partial charge on any atom is 0.150 e. The Kier molecular flexibility index (Phi) is 5.39. The first kappa shape index (κ1) is 20.2. The topological polar surface area (TPSA) is 96.2 Å². The summed E-state index contributed by atoms with van der Waals surface area (Å²) in [6.07, 6.45) is 3.30. The molecule has 1 atom stereocenters. The van der Waals surface area contributed by atoms with Gasteiger partial charge in [-0.25, -0.2) is 4.68 Å². The molecule has 1 aliphatic heterocycles. The van der Waals surface area contributed by atoms with Crippen LogP contribution in [0.5, 0.6) is 11.5 Å². The monoisotopic (exact) mass is 408 g/mol. The van der Waals surface area contributed by atoms with E-state index in [0.29, 0.717) is 11.5 Å². The molecule has 2 aromatic heterocycles. The smallest absolute Gasteiger partial charge is 0.150 e. The lowest BCUT2D eigenvalue weighted by Gasteiger charge is -2.23. The summed E-state index contributed by atoms with van der Waals surface area (Å²) < 4.78 is 7.69. The molecular formula is C23H28N4O3. The number of aromatic nitrogens is 4. The average molecular weight is 409 g/mol. The highest BCUT2D eigenvalue weighted by Crippen LogP contribution is 2.34. The van der Waals surface area contributed by atoms with Gasteiger partial charge >= 0.3 is 0 Å². The standard InChI is InChI=1S/C14H18N2O2.C9H10N2O/c1-9-6-7-11-13(14(9)17)10(2)15-16(11)12-5-3-4-8-18-12;1-5-3-4-7-8(9(5)12)6(2)10-11-7/h6-7,12,17H,3-5,8H2,1-2H3;3-4,12H,1-2H3,(H,10,11). The number of benzene rings is 2. The first-order valence-corrected chi connectivity index (χ1v) is 10.3. The fraction of sp³-hybridized carbons (Fsp3) is 0.391. The van der Waals surface area contributed by atoms with Gasteiger partial charge in [0.25, 0.3) is 0 Å². The number of hydrogen-bond acceptors (Lipinski definition) is 5. The van der Waals surface area contributed by atoms with Crippen molar-refractivity contribution in [2.45, 2.75) is 53.2 Å². The summed E-state index contributed by atoms with van der Waals surface area (Å²) >= 11 is 0. The van der Waals surface area contributed by atoms with Crippen LogP contribution in [-0.2, 0) is 4.74 Å². The van der Waals surface area contributed by atoms with Gasteiger partial charge in [0.15, 0.2) is 6.23 Å².